The van der Waals surface area contributed by atoms with Gasteiger partial charge in [-0.05, 0) is 37.9 Å². The van der Waals surface area contributed by atoms with E-state index in [2.05, 4.69) is 4.98 Å². The smallest absolute Gasteiger partial charge is 0.305 e. The highest BCUT2D eigenvalue weighted by Crippen LogP contribution is 2.31. The lowest BCUT2D eigenvalue weighted by atomic mass is 9.99. The maximum Gasteiger partial charge on any atom is 0.305 e. The number of hydrogen-bond acceptors (Lipinski definition) is 3. The number of aromatic nitrogens is 1. The second-order valence-electron chi connectivity index (χ2n) is 4.61. The van der Waals surface area contributed by atoms with Crippen molar-refractivity contribution < 1.29 is 9.90 Å². The number of hydrogen-bond donors (Lipinski definition) is 1. The van der Waals surface area contributed by atoms with Gasteiger partial charge in [0.05, 0.1) is 11.9 Å². The Morgan fingerprint density at radius 1 is 1.42 bits per heavy atom. The van der Waals surface area contributed by atoms with E-state index in [0.29, 0.717) is 5.02 Å². The van der Waals surface area contributed by atoms with E-state index in [1.165, 1.54) is 0 Å². The molecule has 0 aliphatic carbocycles. The van der Waals surface area contributed by atoms with Gasteiger partial charge in [0, 0.05) is 22.6 Å². The highest BCUT2D eigenvalue weighted by molar-refractivity contribution is 6.35. The lowest BCUT2D eigenvalue weighted by Gasteiger charge is -2.24. The van der Waals surface area contributed by atoms with Gasteiger partial charge in [-0.3, -0.25) is 9.78 Å². The van der Waals surface area contributed by atoms with Crippen LogP contribution in [0.1, 0.15) is 18.0 Å². The number of halogens is 1. The van der Waals surface area contributed by atoms with Gasteiger partial charge in [-0.15, -0.1) is 0 Å². The van der Waals surface area contributed by atoms with Crippen LogP contribution in [0.25, 0.3) is 10.9 Å². The van der Waals surface area contributed by atoms with E-state index in [9.17, 15) is 4.79 Å². The van der Waals surface area contributed by atoms with E-state index in [0.717, 1.165) is 16.5 Å². The van der Waals surface area contributed by atoms with Crippen LogP contribution < -0.4 is 0 Å². The fourth-order valence-electron chi connectivity index (χ4n) is 2.16. The molecule has 2 aromatic rings. The minimum absolute atomic E-state index is 0.0281. The lowest BCUT2D eigenvalue weighted by molar-refractivity contribution is -0.138. The quantitative estimate of drug-likeness (QED) is 0.934. The molecule has 5 heteroatoms. The van der Waals surface area contributed by atoms with Crippen molar-refractivity contribution in [2.24, 2.45) is 0 Å². The Labute approximate surface area is 116 Å². The number of fused-ring (bicyclic) bond motifs is 1. The number of nitrogens with zero attached hydrogens (tertiary/aromatic N) is 2. The molecule has 0 aliphatic heterocycles. The molecular weight excluding hydrogens is 264 g/mol. The second kappa shape index (κ2) is 5.55. The van der Waals surface area contributed by atoms with Crippen LogP contribution in [0.4, 0.5) is 0 Å². The van der Waals surface area contributed by atoms with Crippen LogP contribution in [0.2, 0.25) is 5.02 Å². The van der Waals surface area contributed by atoms with Gasteiger partial charge in [-0.25, -0.2) is 0 Å². The summed E-state index contributed by atoms with van der Waals surface area (Å²) in [7, 11) is 3.72. The van der Waals surface area contributed by atoms with Crippen molar-refractivity contribution in [1.29, 1.82) is 0 Å². The van der Waals surface area contributed by atoms with Gasteiger partial charge < -0.3 is 10.0 Å². The highest BCUT2D eigenvalue weighted by Gasteiger charge is 2.21. The van der Waals surface area contributed by atoms with E-state index in [-0.39, 0.29) is 12.5 Å². The predicted octanol–water partition coefficient (Wildman–Crippen LogP) is 2.97. The summed E-state index contributed by atoms with van der Waals surface area (Å²) < 4.78 is 0. The number of carboxylic acids is 1. The average molecular weight is 279 g/mol. The topological polar surface area (TPSA) is 53.4 Å². The number of pyridine rings is 1. The van der Waals surface area contributed by atoms with Crippen molar-refractivity contribution >= 4 is 28.5 Å². The molecule has 4 nitrogen and oxygen atoms in total. The fraction of sp³-hybridized carbons (Fsp3) is 0.286. The van der Waals surface area contributed by atoms with Crippen LogP contribution in [-0.4, -0.2) is 35.1 Å². The Morgan fingerprint density at radius 3 is 2.79 bits per heavy atom. The molecule has 0 radical (unpaired) electrons. The number of carboxylic acid groups (broad SMARTS) is 1. The monoisotopic (exact) mass is 278 g/mol. The Bertz CT molecular complexity index is 613. The molecule has 0 spiro atoms. The van der Waals surface area contributed by atoms with E-state index in [1.807, 2.05) is 37.2 Å². The second-order valence-corrected chi connectivity index (χ2v) is 5.02. The van der Waals surface area contributed by atoms with E-state index in [1.54, 1.807) is 12.3 Å². The van der Waals surface area contributed by atoms with Gasteiger partial charge in [-0.1, -0.05) is 17.7 Å². The third kappa shape index (κ3) is 2.85. The maximum absolute atomic E-state index is 11.0. The minimum Gasteiger partial charge on any atom is -0.481 e. The zero-order chi connectivity index (χ0) is 14.0. The molecule has 0 amide bonds. The molecule has 100 valence electrons. The molecular formula is C14H15ClN2O2. The van der Waals surface area contributed by atoms with Crippen molar-refractivity contribution in [3.63, 3.8) is 0 Å². The molecule has 1 atom stereocenters. The number of carbonyl (C=O) groups is 1. The van der Waals surface area contributed by atoms with Gasteiger partial charge in [0.1, 0.15) is 0 Å². The zero-order valence-corrected chi connectivity index (χ0v) is 11.6. The van der Waals surface area contributed by atoms with Crippen molar-refractivity contribution in [1.82, 2.24) is 9.88 Å². The Kier molecular flexibility index (Phi) is 4.02. The molecule has 0 saturated carbocycles. The molecule has 1 aromatic carbocycles. The molecule has 1 unspecified atom stereocenters. The highest BCUT2D eigenvalue weighted by atomic mass is 35.5. The maximum atomic E-state index is 11.0. The molecule has 0 fully saturated rings. The minimum atomic E-state index is -0.835. The Hall–Kier alpha value is -1.65. The van der Waals surface area contributed by atoms with Crippen LogP contribution in [-0.2, 0) is 4.79 Å². The molecule has 19 heavy (non-hydrogen) atoms. The molecule has 0 bridgehead atoms. The van der Waals surface area contributed by atoms with Crippen LogP contribution in [0.15, 0.2) is 30.5 Å². The largest absolute Gasteiger partial charge is 0.481 e. The van der Waals surface area contributed by atoms with Gasteiger partial charge in [0.2, 0.25) is 0 Å². The third-order valence-electron chi connectivity index (χ3n) is 3.10. The van der Waals surface area contributed by atoms with Gasteiger partial charge in [-0.2, -0.15) is 0 Å². The fourth-order valence-corrected chi connectivity index (χ4v) is 2.38. The van der Waals surface area contributed by atoms with Crippen LogP contribution in [0.5, 0.6) is 0 Å². The molecule has 1 heterocycles. The van der Waals surface area contributed by atoms with E-state index < -0.39 is 5.97 Å². The SMILES string of the molecule is CN(C)C(CC(=O)O)c1ccc(Cl)c2cccnc12. The first-order chi connectivity index (χ1) is 9.00. The molecule has 2 rings (SSSR count). The number of benzene rings is 1. The summed E-state index contributed by atoms with van der Waals surface area (Å²) in [4.78, 5) is 17.2. The Balaban J connectivity index is 2.60. The normalized spacial score (nSPS) is 12.8. The molecule has 0 saturated heterocycles. The summed E-state index contributed by atoms with van der Waals surface area (Å²) in [6.07, 6.45) is 1.72. The summed E-state index contributed by atoms with van der Waals surface area (Å²) in [5.41, 5.74) is 1.64. The Morgan fingerprint density at radius 2 is 2.16 bits per heavy atom. The van der Waals surface area contributed by atoms with Gasteiger partial charge in [0.15, 0.2) is 0 Å². The standard InChI is InChI=1S/C14H15ClN2O2/c1-17(2)12(8-13(18)19)10-5-6-11(15)9-4-3-7-16-14(9)10/h3-7,12H,8H2,1-2H3,(H,18,19). The molecule has 1 aromatic heterocycles. The summed E-state index contributed by atoms with van der Waals surface area (Å²) in [5.74, 6) is -0.835. The summed E-state index contributed by atoms with van der Waals surface area (Å²) in [6.45, 7) is 0. The first-order valence-corrected chi connectivity index (χ1v) is 6.30. The summed E-state index contributed by atoms with van der Waals surface area (Å²) >= 11 is 6.15. The summed E-state index contributed by atoms with van der Waals surface area (Å²) in [6, 6.07) is 7.12. The van der Waals surface area contributed by atoms with Gasteiger partial charge in [0.25, 0.3) is 0 Å². The average Bonchev–Trinajstić information content (AvgIpc) is 2.37. The number of rotatable bonds is 4. The predicted molar refractivity (Wildman–Crippen MR) is 75.4 cm³/mol. The number of aliphatic carboxylic acids is 1. The van der Waals surface area contributed by atoms with Crippen LogP contribution in [0, 0.1) is 0 Å². The van der Waals surface area contributed by atoms with Crippen molar-refractivity contribution in [2.75, 3.05) is 14.1 Å². The van der Waals surface area contributed by atoms with Crippen molar-refractivity contribution in [3.8, 4) is 0 Å². The van der Waals surface area contributed by atoms with Gasteiger partial charge >= 0.3 is 5.97 Å². The van der Waals surface area contributed by atoms with E-state index in [4.69, 9.17) is 16.7 Å². The van der Waals surface area contributed by atoms with E-state index >= 15 is 0 Å². The first-order valence-electron chi connectivity index (χ1n) is 5.92. The van der Waals surface area contributed by atoms with Crippen LogP contribution in [0.3, 0.4) is 0 Å². The van der Waals surface area contributed by atoms with Crippen molar-refractivity contribution in [2.45, 2.75) is 12.5 Å². The lowest BCUT2D eigenvalue weighted by Crippen LogP contribution is -2.23. The zero-order valence-electron chi connectivity index (χ0n) is 10.8. The van der Waals surface area contributed by atoms with Crippen LogP contribution >= 0.6 is 11.6 Å². The van der Waals surface area contributed by atoms with Crippen molar-refractivity contribution in [3.05, 3.63) is 41.0 Å². The third-order valence-corrected chi connectivity index (χ3v) is 3.43. The molecule has 0 aliphatic rings. The first kappa shape index (κ1) is 13.8. The molecule has 1 N–H and O–H groups in total. The summed E-state index contributed by atoms with van der Waals surface area (Å²) in [5, 5.41) is 10.5.